The van der Waals surface area contributed by atoms with Gasteiger partial charge in [-0.25, -0.2) is 9.59 Å². The van der Waals surface area contributed by atoms with Gasteiger partial charge >= 0.3 is 11.9 Å². The van der Waals surface area contributed by atoms with Crippen molar-refractivity contribution in [1.82, 2.24) is 0 Å². The summed E-state index contributed by atoms with van der Waals surface area (Å²) in [5.41, 5.74) is -0.875. The molecule has 0 heterocycles. The second-order valence-electron chi connectivity index (χ2n) is 7.08. The molecule has 1 amide bonds. The molecule has 0 aliphatic carbocycles. The van der Waals surface area contributed by atoms with E-state index in [1.165, 1.54) is 18.2 Å². The lowest BCUT2D eigenvalue weighted by Crippen LogP contribution is -2.27. The molecule has 0 atom stereocenters. The van der Waals surface area contributed by atoms with Gasteiger partial charge in [0.25, 0.3) is 11.6 Å². The summed E-state index contributed by atoms with van der Waals surface area (Å²) in [6.07, 6.45) is 0. The van der Waals surface area contributed by atoms with E-state index in [2.05, 4.69) is 5.32 Å². The molecule has 2 rings (SSSR count). The fourth-order valence-corrected chi connectivity index (χ4v) is 2.60. The Bertz CT molecular complexity index is 999. The van der Waals surface area contributed by atoms with Gasteiger partial charge in [-0.05, 0) is 39.0 Å². The summed E-state index contributed by atoms with van der Waals surface area (Å²) in [6, 6.07) is 9.40. The maximum absolute atomic E-state index is 12.5. The first-order valence-corrected chi connectivity index (χ1v) is 9.09. The lowest BCUT2D eigenvalue weighted by molar-refractivity contribution is -0.384. The first-order chi connectivity index (χ1) is 14.0. The lowest BCUT2D eigenvalue weighted by Gasteiger charge is -2.19. The van der Waals surface area contributed by atoms with Crippen molar-refractivity contribution >= 4 is 40.8 Å². The SMILES string of the molecule is CC(C)(C)OC(=O)COC(=O)c1ccccc1NC(=O)c1ccc([N+](=O)[O-])cc1Cl. The minimum absolute atomic E-state index is 0.00689. The highest BCUT2D eigenvalue weighted by Crippen LogP contribution is 2.24. The van der Waals surface area contributed by atoms with Crippen molar-refractivity contribution in [1.29, 1.82) is 0 Å². The largest absolute Gasteiger partial charge is 0.457 e. The van der Waals surface area contributed by atoms with E-state index < -0.39 is 35.0 Å². The van der Waals surface area contributed by atoms with Gasteiger partial charge in [-0.3, -0.25) is 14.9 Å². The van der Waals surface area contributed by atoms with Crippen molar-refractivity contribution in [3.05, 3.63) is 68.7 Å². The number of esters is 2. The van der Waals surface area contributed by atoms with E-state index in [1.54, 1.807) is 32.9 Å². The third-order valence-electron chi connectivity index (χ3n) is 3.54. The van der Waals surface area contributed by atoms with Crippen LogP contribution in [-0.2, 0) is 14.3 Å². The Labute approximate surface area is 177 Å². The summed E-state index contributed by atoms with van der Waals surface area (Å²) in [6.45, 7) is 4.45. The number of nitro groups is 1. The second-order valence-corrected chi connectivity index (χ2v) is 7.49. The molecule has 158 valence electrons. The fraction of sp³-hybridized carbons (Fsp3) is 0.250. The van der Waals surface area contributed by atoms with Gasteiger partial charge in [0.2, 0.25) is 0 Å². The number of non-ortho nitro benzene ring substituents is 1. The zero-order chi connectivity index (χ0) is 22.5. The molecular weight excluding hydrogens is 416 g/mol. The van der Waals surface area contributed by atoms with Crippen LogP contribution in [0.5, 0.6) is 0 Å². The zero-order valence-corrected chi connectivity index (χ0v) is 17.2. The van der Waals surface area contributed by atoms with Crippen LogP contribution in [0.3, 0.4) is 0 Å². The Kier molecular flexibility index (Phi) is 7.12. The quantitative estimate of drug-likeness (QED) is 0.413. The van der Waals surface area contributed by atoms with Gasteiger partial charge in [0.1, 0.15) is 5.60 Å². The maximum atomic E-state index is 12.5. The third kappa shape index (κ3) is 6.28. The molecule has 1 N–H and O–H groups in total. The molecule has 2 aromatic carbocycles. The normalized spacial score (nSPS) is 10.8. The fourth-order valence-electron chi connectivity index (χ4n) is 2.33. The van der Waals surface area contributed by atoms with Crippen molar-refractivity contribution in [3.8, 4) is 0 Å². The average molecular weight is 435 g/mol. The number of hydrogen-bond donors (Lipinski definition) is 1. The van der Waals surface area contributed by atoms with Gasteiger partial charge in [0, 0.05) is 12.1 Å². The van der Waals surface area contributed by atoms with E-state index in [0.29, 0.717) is 0 Å². The highest BCUT2D eigenvalue weighted by molar-refractivity contribution is 6.34. The van der Waals surface area contributed by atoms with Gasteiger partial charge in [0.05, 0.1) is 26.8 Å². The van der Waals surface area contributed by atoms with Gasteiger partial charge in [-0.15, -0.1) is 0 Å². The smallest absolute Gasteiger partial charge is 0.344 e. The number of benzene rings is 2. The summed E-state index contributed by atoms with van der Waals surface area (Å²) in [7, 11) is 0. The number of carbonyl (C=O) groups excluding carboxylic acids is 3. The van der Waals surface area contributed by atoms with Gasteiger partial charge in [0.15, 0.2) is 6.61 Å². The Morgan fingerprint density at radius 2 is 1.77 bits per heavy atom. The summed E-state index contributed by atoms with van der Waals surface area (Å²) < 4.78 is 10.0. The highest BCUT2D eigenvalue weighted by Gasteiger charge is 2.21. The molecule has 2 aromatic rings. The lowest BCUT2D eigenvalue weighted by atomic mass is 10.1. The van der Waals surface area contributed by atoms with E-state index >= 15 is 0 Å². The molecule has 0 radical (unpaired) electrons. The van der Waals surface area contributed by atoms with Crippen LogP contribution >= 0.6 is 11.6 Å². The number of ether oxygens (including phenoxy) is 2. The molecule has 0 aliphatic rings. The predicted molar refractivity (Wildman–Crippen MR) is 109 cm³/mol. The molecule has 30 heavy (non-hydrogen) atoms. The number of amides is 1. The summed E-state index contributed by atoms with van der Waals surface area (Å²) >= 11 is 5.97. The van der Waals surface area contributed by atoms with E-state index in [0.717, 1.165) is 12.1 Å². The Morgan fingerprint density at radius 3 is 2.37 bits per heavy atom. The number of nitrogens with zero attached hydrogens (tertiary/aromatic N) is 1. The molecule has 0 unspecified atom stereocenters. The minimum Gasteiger partial charge on any atom is -0.457 e. The highest BCUT2D eigenvalue weighted by atomic mass is 35.5. The molecule has 0 fully saturated rings. The van der Waals surface area contributed by atoms with Crippen LogP contribution in [0.1, 0.15) is 41.5 Å². The monoisotopic (exact) mass is 434 g/mol. The third-order valence-corrected chi connectivity index (χ3v) is 3.86. The number of hydrogen-bond acceptors (Lipinski definition) is 7. The van der Waals surface area contributed by atoms with E-state index in [-0.39, 0.29) is 27.5 Å². The van der Waals surface area contributed by atoms with Gasteiger partial charge in [-0.1, -0.05) is 23.7 Å². The van der Waals surface area contributed by atoms with Crippen molar-refractivity contribution in [2.75, 3.05) is 11.9 Å². The van der Waals surface area contributed by atoms with Crippen LogP contribution in [0.25, 0.3) is 0 Å². The van der Waals surface area contributed by atoms with Crippen LogP contribution < -0.4 is 5.32 Å². The van der Waals surface area contributed by atoms with Crippen molar-refractivity contribution in [3.63, 3.8) is 0 Å². The molecular formula is C20H19ClN2O7. The Hall–Kier alpha value is -3.46. The number of anilines is 1. The van der Waals surface area contributed by atoms with E-state index in [4.69, 9.17) is 21.1 Å². The Morgan fingerprint density at radius 1 is 1.10 bits per heavy atom. The molecule has 0 saturated carbocycles. The average Bonchev–Trinajstić information content (AvgIpc) is 2.65. The number of nitro benzene ring substituents is 1. The van der Waals surface area contributed by atoms with Gasteiger partial charge < -0.3 is 14.8 Å². The molecule has 0 aliphatic heterocycles. The van der Waals surface area contributed by atoms with E-state index in [9.17, 15) is 24.5 Å². The first kappa shape index (κ1) is 22.8. The first-order valence-electron chi connectivity index (χ1n) is 8.71. The number of carbonyl (C=O) groups is 3. The van der Waals surface area contributed by atoms with Crippen molar-refractivity contribution in [2.45, 2.75) is 26.4 Å². The van der Waals surface area contributed by atoms with Gasteiger partial charge in [-0.2, -0.15) is 0 Å². The maximum Gasteiger partial charge on any atom is 0.344 e. The van der Waals surface area contributed by atoms with Crippen molar-refractivity contribution < 1.29 is 28.8 Å². The van der Waals surface area contributed by atoms with Crippen LogP contribution in [0.4, 0.5) is 11.4 Å². The van der Waals surface area contributed by atoms with E-state index in [1.807, 2.05) is 0 Å². The summed E-state index contributed by atoms with van der Waals surface area (Å²) in [4.78, 5) is 46.8. The molecule has 0 aromatic heterocycles. The molecule has 0 spiro atoms. The summed E-state index contributed by atoms with van der Waals surface area (Å²) in [5.74, 6) is -2.23. The second kappa shape index (κ2) is 9.36. The standard InChI is InChI=1S/C20H19ClN2O7/c1-20(2,3)30-17(24)11-29-19(26)14-6-4-5-7-16(14)22-18(25)13-9-8-12(23(27)28)10-15(13)21/h4-10H,11H2,1-3H3,(H,22,25). The molecule has 9 nitrogen and oxygen atoms in total. The molecule has 10 heteroatoms. The number of para-hydroxylation sites is 1. The Balaban J connectivity index is 2.13. The number of rotatable bonds is 6. The number of nitrogens with one attached hydrogen (secondary N) is 1. The van der Waals surface area contributed by atoms with Crippen LogP contribution in [-0.4, -0.2) is 35.0 Å². The minimum atomic E-state index is -0.841. The van der Waals surface area contributed by atoms with Crippen molar-refractivity contribution in [2.24, 2.45) is 0 Å². The zero-order valence-electron chi connectivity index (χ0n) is 16.4. The van der Waals surface area contributed by atoms with Crippen LogP contribution in [0.15, 0.2) is 42.5 Å². The molecule has 0 bridgehead atoms. The van der Waals surface area contributed by atoms with Crippen LogP contribution in [0.2, 0.25) is 5.02 Å². The summed E-state index contributed by atoms with van der Waals surface area (Å²) in [5, 5.41) is 13.2. The van der Waals surface area contributed by atoms with Crippen LogP contribution in [0, 0.1) is 10.1 Å². The topological polar surface area (TPSA) is 125 Å². The predicted octanol–water partition coefficient (Wildman–Crippen LogP) is 4.00. The number of halogens is 1. The molecule has 0 saturated heterocycles.